The highest BCUT2D eigenvalue weighted by molar-refractivity contribution is 5.79. The van der Waals surface area contributed by atoms with Gasteiger partial charge in [-0.3, -0.25) is 14.1 Å². The minimum absolute atomic E-state index is 0.0905. The quantitative estimate of drug-likeness (QED) is 0.534. The molecule has 0 radical (unpaired) electrons. The van der Waals surface area contributed by atoms with Crippen LogP contribution in [-0.4, -0.2) is 38.9 Å². The monoisotopic (exact) mass is 386 g/mol. The molecular formula is C23H22N4O2. The van der Waals surface area contributed by atoms with Gasteiger partial charge in [-0.05, 0) is 48.4 Å². The van der Waals surface area contributed by atoms with Gasteiger partial charge in [-0.2, -0.15) is 0 Å². The van der Waals surface area contributed by atoms with Gasteiger partial charge in [-0.15, -0.1) is 0 Å². The Labute approximate surface area is 168 Å². The molecular weight excluding hydrogens is 364 g/mol. The van der Waals surface area contributed by atoms with Crippen LogP contribution >= 0.6 is 0 Å². The summed E-state index contributed by atoms with van der Waals surface area (Å²) in [6.07, 6.45) is 5.16. The van der Waals surface area contributed by atoms with Crippen molar-refractivity contribution in [2.24, 2.45) is 0 Å². The normalized spacial score (nSPS) is 15.2. The van der Waals surface area contributed by atoms with E-state index in [4.69, 9.17) is 9.40 Å². The van der Waals surface area contributed by atoms with Crippen LogP contribution in [0.3, 0.4) is 0 Å². The van der Waals surface area contributed by atoms with Crippen LogP contribution in [0, 0.1) is 6.92 Å². The van der Waals surface area contributed by atoms with Crippen molar-refractivity contribution in [1.29, 1.82) is 0 Å². The standard InChI is InChI=1S/C23H22N4O2/c1-3-26-10-8-16(9-11-26)18-5-7-22-25-20(13-23(28)27(22)14-18)17-4-6-19-21(12-17)29-15(2)24-19/h4-8,12-14H,3,9-11H2,1-2H3. The number of pyridine rings is 1. The van der Waals surface area contributed by atoms with Crippen molar-refractivity contribution in [3.8, 4) is 11.3 Å². The van der Waals surface area contributed by atoms with E-state index in [9.17, 15) is 4.79 Å². The summed E-state index contributed by atoms with van der Waals surface area (Å²) in [6.45, 7) is 7.07. The molecule has 0 spiro atoms. The van der Waals surface area contributed by atoms with E-state index in [0.717, 1.165) is 42.7 Å². The molecule has 3 aromatic heterocycles. The number of aromatic nitrogens is 3. The zero-order valence-electron chi connectivity index (χ0n) is 16.6. The molecule has 0 amide bonds. The third kappa shape index (κ3) is 3.25. The molecule has 0 aliphatic carbocycles. The first-order chi connectivity index (χ1) is 14.1. The second-order valence-electron chi connectivity index (χ2n) is 7.41. The van der Waals surface area contributed by atoms with Crippen molar-refractivity contribution in [3.63, 3.8) is 0 Å². The van der Waals surface area contributed by atoms with Gasteiger partial charge in [0.1, 0.15) is 11.2 Å². The Morgan fingerprint density at radius 2 is 1.97 bits per heavy atom. The molecule has 0 unspecified atom stereocenters. The first kappa shape index (κ1) is 17.8. The van der Waals surface area contributed by atoms with Crippen LogP contribution < -0.4 is 5.56 Å². The Morgan fingerprint density at radius 3 is 2.76 bits per heavy atom. The fourth-order valence-electron chi connectivity index (χ4n) is 3.90. The van der Waals surface area contributed by atoms with Crippen LogP contribution in [0.15, 0.2) is 57.9 Å². The van der Waals surface area contributed by atoms with E-state index in [1.165, 1.54) is 5.57 Å². The number of aryl methyl sites for hydroxylation is 1. The molecule has 0 atom stereocenters. The molecule has 1 aromatic carbocycles. The lowest BCUT2D eigenvalue weighted by molar-refractivity contribution is 0.318. The van der Waals surface area contributed by atoms with Gasteiger partial charge in [0, 0.05) is 37.8 Å². The Kier molecular flexibility index (Phi) is 4.28. The predicted octanol–water partition coefficient (Wildman–Crippen LogP) is 3.92. The number of benzene rings is 1. The molecule has 1 aliphatic heterocycles. The van der Waals surface area contributed by atoms with Gasteiger partial charge >= 0.3 is 0 Å². The van der Waals surface area contributed by atoms with Crippen molar-refractivity contribution in [3.05, 3.63) is 70.5 Å². The van der Waals surface area contributed by atoms with E-state index in [-0.39, 0.29) is 5.56 Å². The molecule has 146 valence electrons. The molecule has 4 aromatic rings. The van der Waals surface area contributed by atoms with Gasteiger partial charge in [-0.25, -0.2) is 9.97 Å². The van der Waals surface area contributed by atoms with Gasteiger partial charge in [0.15, 0.2) is 11.5 Å². The highest BCUT2D eigenvalue weighted by Crippen LogP contribution is 2.25. The summed E-state index contributed by atoms with van der Waals surface area (Å²) in [6, 6.07) is 11.3. The summed E-state index contributed by atoms with van der Waals surface area (Å²) < 4.78 is 7.24. The second kappa shape index (κ2) is 6.97. The topological polar surface area (TPSA) is 63.6 Å². The molecule has 0 fully saturated rings. The first-order valence-electron chi connectivity index (χ1n) is 9.93. The SMILES string of the molecule is CCN1CC=C(c2ccc3nc(-c4ccc5nc(C)oc5c4)cc(=O)n3c2)CC1. The van der Waals surface area contributed by atoms with Gasteiger partial charge in [0.25, 0.3) is 5.56 Å². The largest absolute Gasteiger partial charge is 0.441 e. The highest BCUT2D eigenvalue weighted by atomic mass is 16.3. The molecule has 6 heteroatoms. The van der Waals surface area contributed by atoms with Gasteiger partial charge in [-0.1, -0.05) is 19.1 Å². The van der Waals surface area contributed by atoms with Gasteiger partial charge in [0.05, 0.1) is 5.69 Å². The summed E-state index contributed by atoms with van der Waals surface area (Å²) >= 11 is 0. The molecule has 6 nitrogen and oxygen atoms in total. The highest BCUT2D eigenvalue weighted by Gasteiger charge is 2.13. The number of likely N-dealkylation sites (N-methyl/N-ethyl adjacent to an activating group) is 1. The molecule has 0 saturated heterocycles. The minimum atomic E-state index is -0.0905. The molecule has 0 bridgehead atoms. The van der Waals surface area contributed by atoms with Crippen molar-refractivity contribution in [1.82, 2.24) is 19.3 Å². The second-order valence-corrected chi connectivity index (χ2v) is 7.41. The zero-order valence-corrected chi connectivity index (χ0v) is 16.6. The van der Waals surface area contributed by atoms with Crippen molar-refractivity contribution in [2.75, 3.05) is 19.6 Å². The lowest BCUT2D eigenvalue weighted by atomic mass is 10.0. The molecule has 5 rings (SSSR count). The summed E-state index contributed by atoms with van der Waals surface area (Å²) in [4.78, 5) is 24.3. The van der Waals surface area contributed by atoms with E-state index >= 15 is 0 Å². The van der Waals surface area contributed by atoms with E-state index in [2.05, 4.69) is 29.0 Å². The maximum Gasteiger partial charge on any atom is 0.258 e. The Hall–Kier alpha value is -3.25. The number of oxazole rings is 1. The minimum Gasteiger partial charge on any atom is -0.441 e. The molecule has 29 heavy (non-hydrogen) atoms. The third-order valence-electron chi connectivity index (χ3n) is 5.56. The van der Waals surface area contributed by atoms with E-state index < -0.39 is 0 Å². The lowest BCUT2D eigenvalue weighted by Gasteiger charge is -2.25. The van der Waals surface area contributed by atoms with Crippen LogP contribution in [0.1, 0.15) is 24.8 Å². The summed E-state index contributed by atoms with van der Waals surface area (Å²) in [5.41, 5.74) is 5.89. The molecule has 0 saturated carbocycles. The van der Waals surface area contributed by atoms with Crippen molar-refractivity contribution < 1.29 is 4.42 Å². The van der Waals surface area contributed by atoms with Crippen molar-refractivity contribution >= 4 is 22.3 Å². The van der Waals surface area contributed by atoms with E-state index in [0.29, 0.717) is 22.8 Å². The summed E-state index contributed by atoms with van der Waals surface area (Å²) in [7, 11) is 0. The van der Waals surface area contributed by atoms with Crippen molar-refractivity contribution in [2.45, 2.75) is 20.3 Å². The third-order valence-corrected chi connectivity index (χ3v) is 5.56. The van der Waals surface area contributed by atoms with Crippen LogP contribution in [0.2, 0.25) is 0 Å². The Morgan fingerprint density at radius 1 is 1.10 bits per heavy atom. The predicted molar refractivity (Wildman–Crippen MR) is 114 cm³/mol. The van der Waals surface area contributed by atoms with E-state index in [1.807, 2.05) is 37.4 Å². The zero-order chi connectivity index (χ0) is 20.0. The van der Waals surface area contributed by atoms with Gasteiger partial charge < -0.3 is 4.42 Å². The Bertz CT molecular complexity index is 1320. The molecule has 1 aliphatic rings. The maximum atomic E-state index is 12.8. The van der Waals surface area contributed by atoms with Crippen LogP contribution in [0.25, 0.3) is 33.6 Å². The van der Waals surface area contributed by atoms with Crippen LogP contribution in [-0.2, 0) is 0 Å². The van der Waals surface area contributed by atoms with Crippen LogP contribution in [0.5, 0.6) is 0 Å². The number of fused-ring (bicyclic) bond motifs is 2. The van der Waals surface area contributed by atoms with E-state index in [1.54, 1.807) is 10.5 Å². The maximum absolute atomic E-state index is 12.8. The number of rotatable bonds is 3. The number of hydrogen-bond acceptors (Lipinski definition) is 5. The van der Waals surface area contributed by atoms with Crippen LogP contribution in [0.4, 0.5) is 0 Å². The van der Waals surface area contributed by atoms with Gasteiger partial charge in [0.2, 0.25) is 0 Å². The summed E-state index contributed by atoms with van der Waals surface area (Å²) in [5.74, 6) is 0.621. The number of nitrogens with zero attached hydrogens (tertiary/aromatic N) is 4. The average Bonchev–Trinajstić information content (AvgIpc) is 3.12. The number of hydrogen-bond donors (Lipinski definition) is 0. The first-order valence-corrected chi connectivity index (χ1v) is 9.93. The molecule has 4 heterocycles. The summed E-state index contributed by atoms with van der Waals surface area (Å²) in [5, 5.41) is 0. The lowest BCUT2D eigenvalue weighted by Crippen LogP contribution is -2.28. The smallest absolute Gasteiger partial charge is 0.258 e. The molecule has 0 N–H and O–H groups in total. The fourth-order valence-corrected chi connectivity index (χ4v) is 3.90. The fraction of sp³-hybridized carbons (Fsp3) is 0.261. The Balaban J connectivity index is 1.54. The average molecular weight is 386 g/mol.